The van der Waals surface area contributed by atoms with Crippen LogP contribution < -0.4 is 0 Å². The van der Waals surface area contributed by atoms with Gasteiger partial charge in [-0.3, -0.25) is 0 Å². The van der Waals surface area contributed by atoms with Crippen LogP contribution >= 0.6 is 0 Å². The number of fused-ring (bicyclic) bond motifs is 3. The van der Waals surface area contributed by atoms with Crippen LogP contribution in [0.2, 0.25) is 0 Å². The second-order valence-corrected chi connectivity index (χ2v) is 6.03. The maximum Gasteiger partial charge on any atom is 0.0628 e. The highest BCUT2D eigenvalue weighted by Gasteiger charge is 2.34. The number of hydrogen-bond donors (Lipinski definition) is 0. The van der Waals surface area contributed by atoms with E-state index in [-0.39, 0.29) is 11.8 Å². The molecule has 110 valence electrons. The highest BCUT2D eigenvalue weighted by atomic mass is 14.4. The van der Waals surface area contributed by atoms with E-state index >= 15 is 0 Å². The van der Waals surface area contributed by atoms with Crippen molar-refractivity contribution in [3.05, 3.63) is 95.6 Å². The van der Waals surface area contributed by atoms with Crippen molar-refractivity contribution in [2.45, 2.75) is 18.3 Å². The van der Waals surface area contributed by atoms with Crippen LogP contribution in [0.5, 0.6) is 0 Å². The second kappa shape index (κ2) is 5.74. The fraction of sp³-hybridized carbons (Fsp3) is 0.136. The van der Waals surface area contributed by atoms with Crippen LogP contribution in [0.4, 0.5) is 0 Å². The summed E-state index contributed by atoms with van der Waals surface area (Å²) in [5, 5.41) is 9.40. The SMILES string of the molecule is N#CCC(c1ccccc1)C1c2ccccc2-c2ccccc21. The third-order valence-electron chi connectivity index (χ3n) is 4.82. The molecule has 0 saturated heterocycles. The molecule has 0 saturated carbocycles. The van der Waals surface area contributed by atoms with Gasteiger partial charge in [-0.15, -0.1) is 0 Å². The van der Waals surface area contributed by atoms with Crippen molar-refractivity contribution >= 4 is 0 Å². The molecule has 1 unspecified atom stereocenters. The molecule has 4 rings (SSSR count). The van der Waals surface area contributed by atoms with E-state index in [2.05, 4.69) is 78.9 Å². The van der Waals surface area contributed by atoms with Crippen LogP contribution in [0, 0.1) is 11.3 Å². The molecule has 1 aliphatic carbocycles. The highest BCUT2D eigenvalue weighted by molar-refractivity contribution is 5.79. The lowest BCUT2D eigenvalue weighted by molar-refractivity contribution is 0.626. The Balaban J connectivity index is 1.91. The summed E-state index contributed by atoms with van der Waals surface area (Å²) in [4.78, 5) is 0. The summed E-state index contributed by atoms with van der Waals surface area (Å²) in [6.45, 7) is 0. The van der Waals surface area contributed by atoms with Crippen molar-refractivity contribution in [3.8, 4) is 17.2 Å². The summed E-state index contributed by atoms with van der Waals surface area (Å²) in [7, 11) is 0. The molecule has 0 aliphatic heterocycles. The summed E-state index contributed by atoms with van der Waals surface area (Å²) in [5.74, 6) is 0.440. The van der Waals surface area contributed by atoms with E-state index in [1.54, 1.807) is 0 Å². The first-order valence-corrected chi connectivity index (χ1v) is 8.00. The second-order valence-electron chi connectivity index (χ2n) is 6.03. The zero-order chi connectivity index (χ0) is 15.6. The fourth-order valence-electron chi connectivity index (χ4n) is 3.85. The van der Waals surface area contributed by atoms with Crippen molar-refractivity contribution in [1.82, 2.24) is 0 Å². The number of benzene rings is 3. The van der Waals surface area contributed by atoms with Crippen LogP contribution in [-0.4, -0.2) is 0 Å². The Kier molecular flexibility index (Phi) is 3.44. The van der Waals surface area contributed by atoms with Crippen LogP contribution in [-0.2, 0) is 0 Å². The summed E-state index contributed by atoms with van der Waals surface area (Å²) < 4.78 is 0. The zero-order valence-corrected chi connectivity index (χ0v) is 12.8. The molecule has 23 heavy (non-hydrogen) atoms. The van der Waals surface area contributed by atoms with E-state index in [4.69, 9.17) is 0 Å². The monoisotopic (exact) mass is 295 g/mol. The van der Waals surface area contributed by atoms with E-state index in [1.807, 2.05) is 6.07 Å². The minimum atomic E-state index is 0.186. The molecule has 3 aromatic rings. The van der Waals surface area contributed by atoms with Gasteiger partial charge in [0.1, 0.15) is 0 Å². The fourth-order valence-corrected chi connectivity index (χ4v) is 3.85. The third kappa shape index (κ3) is 2.24. The predicted octanol–water partition coefficient (Wildman–Crippen LogP) is 5.50. The molecule has 0 spiro atoms. The average molecular weight is 295 g/mol. The standard InChI is InChI=1S/C22H17N/c23-15-14-17(16-8-2-1-3-9-16)22-20-12-6-4-10-18(20)19-11-5-7-13-21(19)22/h1-13,17,22H,14H2. The third-order valence-corrected chi connectivity index (χ3v) is 4.82. The van der Waals surface area contributed by atoms with Crippen LogP contribution in [0.1, 0.15) is 34.9 Å². The lowest BCUT2D eigenvalue weighted by Crippen LogP contribution is -2.10. The first-order valence-electron chi connectivity index (χ1n) is 8.00. The van der Waals surface area contributed by atoms with E-state index in [0.717, 1.165) is 0 Å². The van der Waals surface area contributed by atoms with Gasteiger partial charge in [-0.2, -0.15) is 5.26 Å². The van der Waals surface area contributed by atoms with Gasteiger partial charge in [0.25, 0.3) is 0 Å². The number of hydrogen-bond acceptors (Lipinski definition) is 1. The number of nitriles is 1. The topological polar surface area (TPSA) is 23.8 Å². The Morgan fingerprint density at radius 3 is 1.83 bits per heavy atom. The molecule has 1 aliphatic rings. The van der Waals surface area contributed by atoms with E-state index < -0.39 is 0 Å². The predicted molar refractivity (Wildman–Crippen MR) is 93.1 cm³/mol. The van der Waals surface area contributed by atoms with E-state index in [1.165, 1.54) is 27.8 Å². The summed E-state index contributed by atoms with van der Waals surface area (Å²) in [6, 6.07) is 30.1. The summed E-state index contributed by atoms with van der Waals surface area (Å²) in [6.07, 6.45) is 0.525. The molecule has 1 nitrogen and oxygen atoms in total. The molecular weight excluding hydrogens is 278 g/mol. The van der Waals surface area contributed by atoms with E-state index in [9.17, 15) is 5.26 Å². The summed E-state index contributed by atoms with van der Waals surface area (Å²) >= 11 is 0. The van der Waals surface area contributed by atoms with Gasteiger partial charge >= 0.3 is 0 Å². The van der Waals surface area contributed by atoms with Gasteiger partial charge in [0.2, 0.25) is 0 Å². The number of rotatable bonds is 3. The van der Waals surface area contributed by atoms with Crippen LogP contribution in [0.3, 0.4) is 0 Å². The van der Waals surface area contributed by atoms with Crippen LogP contribution in [0.15, 0.2) is 78.9 Å². The van der Waals surface area contributed by atoms with Crippen molar-refractivity contribution in [2.75, 3.05) is 0 Å². The molecule has 1 heteroatoms. The van der Waals surface area contributed by atoms with Gasteiger partial charge in [-0.05, 0) is 27.8 Å². The molecule has 0 heterocycles. The first kappa shape index (κ1) is 13.8. The molecule has 0 radical (unpaired) electrons. The molecule has 0 amide bonds. The lowest BCUT2D eigenvalue weighted by Gasteiger charge is -2.24. The smallest absolute Gasteiger partial charge is 0.0628 e. The van der Waals surface area contributed by atoms with Gasteiger partial charge in [0.05, 0.1) is 6.07 Å². The first-order chi connectivity index (χ1) is 11.4. The van der Waals surface area contributed by atoms with Crippen molar-refractivity contribution in [1.29, 1.82) is 5.26 Å². The Morgan fingerprint density at radius 2 is 1.26 bits per heavy atom. The van der Waals surface area contributed by atoms with Gasteiger partial charge in [0, 0.05) is 18.3 Å². The molecule has 0 fully saturated rings. The minimum absolute atomic E-state index is 0.186. The highest BCUT2D eigenvalue weighted by Crippen LogP contribution is 2.51. The largest absolute Gasteiger partial charge is 0.198 e. The maximum absolute atomic E-state index is 9.40. The van der Waals surface area contributed by atoms with Gasteiger partial charge in [-0.25, -0.2) is 0 Å². The van der Waals surface area contributed by atoms with Gasteiger partial charge in [0.15, 0.2) is 0 Å². The summed E-state index contributed by atoms with van der Waals surface area (Å²) in [5.41, 5.74) is 6.56. The molecular formula is C22H17N. The lowest BCUT2D eigenvalue weighted by atomic mass is 9.78. The van der Waals surface area contributed by atoms with Crippen molar-refractivity contribution in [2.24, 2.45) is 0 Å². The van der Waals surface area contributed by atoms with Crippen molar-refractivity contribution in [3.63, 3.8) is 0 Å². The Morgan fingerprint density at radius 1 is 0.739 bits per heavy atom. The Bertz CT molecular complexity index is 828. The Labute approximate surface area is 136 Å². The van der Waals surface area contributed by atoms with Gasteiger partial charge in [-0.1, -0.05) is 78.9 Å². The van der Waals surface area contributed by atoms with Gasteiger partial charge < -0.3 is 0 Å². The van der Waals surface area contributed by atoms with Crippen LogP contribution in [0.25, 0.3) is 11.1 Å². The molecule has 1 atom stereocenters. The zero-order valence-electron chi connectivity index (χ0n) is 12.8. The van der Waals surface area contributed by atoms with Crippen molar-refractivity contribution < 1.29 is 0 Å². The average Bonchev–Trinajstić information content (AvgIpc) is 2.95. The number of nitrogens with zero attached hydrogens (tertiary/aromatic N) is 1. The quantitative estimate of drug-likeness (QED) is 0.626. The molecule has 0 N–H and O–H groups in total. The Hall–Kier alpha value is -2.85. The molecule has 3 aromatic carbocycles. The minimum Gasteiger partial charge on any atom is -0.198 e. The molecule has 0 aromatic heterocycles. The maximum atomic E-state index is 9.40. The normalized spacial score (nSPS) is 13.9. The molecule has 0 bridgehead atoms. The van der Waals surface area contributed by atoms with E-state index in [0.29, 0.717) is 6.42 Å².